The van der Waals surface area contributed by atoms with Gasteiger partial charge in [-0.15, -0.1) is 0 Å². The zero-order valence-electron chi connectivity index (χ0n) is 14.8. The van der Waals surface area contributed by atoms with Crippen LogP contribution in [0, 0.1) is 0 Å². The van der Waals surface area contributed by atoms with E-state index in [1.54, 1.807) is 36.4 Å². The number of nitrogens with one attached hydrogen (secondary N) is 2. The number of sulfonamides is 1. The molecule has 0 radical (unpaired) electrons. The van der Waals surface area contributed by atoms with E-state index in [1.165, 1.54) is 30.5 Å². The van der Waals surface area contributed by atoms with Crippen LogP contribution < -0.4 is 10.1 Å². The molecule has 0 spiro atoms. The normalized spacial score (nSPS) is 11.7. The Balaban J connectivity index is 1.57. The first-order valence-electron chi connectivity index (χ1n) is 8.27. The third-order valence-electron chi connectivity index (χ3n) is 3.71. The number of carbonyl (C=O) groups is 1. The smallest absolute Gasteiger partial charge is 0.272 e. The molecule has 3 aromatic rings. The van der Waals surface area contributed by atoms with Crippen molar-refractivity contribution in [3.05, 3.63) is 87.8 Å². The number of carbonyl (C=O) groups excluding carboxylic acids is 1. The van der Waals surface area contributed by atoms with Gasteiger partial charge in [-0.1, -0.05) is 41.4 Å². The largest absolute Gasteiger partial charge is 0.459 e. The predicted octanol–water partition coefficient (Wildman–Crippen LogP) is 3.83. The predicted molar refractivity (Wildman–Crippen MR) is 111 cm³/mol. The molecular weight excluding hydrogens is 437 g/mol. The first-order valence-corrected chi connectivity index (χ1v) is 10.5. The molecular formula is C19H15Cl2N3O4S. The summed E-state index contributed by atoms with van der Waals surface area (Å²) in [7, 11) is -3.64. The van der Waals surface area contributed by atoms with Crippen LogP contribution in [-0.4, -0.2) is 20.5 Å². The Morgan fingerprint density at radius 1 is 1.07 bits per heavy atom. The summed E-state index contributed by atoms with van der Waals surface area (Å²) < 4.78 is 32.3. The lowest BCUT2D eigenvalue weighted by molar-refractivity contribution is 0.0955. The molecule has 29 heavy (non-hydrogen) atoms. The van der Waals surface area contributed by atoms with Crippen molar-refractivity contribution in [1.29, 1.82) is 0 Å². The highest BCUT2D eigenvalue weighted by molar-refractivity contribution is 7.89. The fourth-order valence-corrected chi connectivity index (χ4v) is 3.81. The fraction of sp³-hybridized carbons (Fsp3) is 0.0526. The fourth-order valence-electron chi connectivity index (χ4n) is 2.30. The minimum absolute atomic E-state index is 0.0300. The zero-order chi connectivity index (χ0) is 20.9. The van der Waals surface area contributed by atoms with Gasteiger partial charge >= 0.3 is 0 Å². The molecule has 0 saturated heterocycles. The molecule has 10 heteroatoms. The van der Waals surface area contributed by atoms with Gasteiger partial charge in [-0.3, -0.25) is 4.79 Å². The second-order valence-electron chi connectivity index (χ2n) is 5.76. The van der Waals surface area contributed by atoms with Gasteiger partial charge in [-0.25, -0.2) is 18.6 Å². The van der Waals surface area contributed by atoms with Crippen LogP contribution in [0.15, 0.2) is 75.1 Å². The van der Waals surface area contributed by atoms with Crippen molar-refractivity contribution < 1.29 is 17.6 Å². The number of furan rings is 1. The van der Waals surface area contributed by atoms with Crippen molar-refractivity contribution in [2.24, 2.45) is 5.10 Å². The molecule has 150 valence electrons. The monoisotopic (exact) mass is 451 g/mol. The van der Waals surface area contributed by atoms with Crippen LogP contribution >= 0.6 is 23.2 Å². The third-order valence-corrected chi connectivity index (χ3v) is 5.67. The molecule has 0 bridgehead atoms. The van der Waals surface area contributed by atoms with E-state index in [0.29, 0.717) is 16.5 Å². The highest BCUT2D eigenvalue weighted by Crippen LogP contribution is 2.20. The van der Waals surface area contributed by atoms with Crippen LogP contribution in [-0.2, 0) is 16.6 Å². The highest BCUT2D eigenvalue weighted by atomic mass is 35.5. The van der Waals surface area contributed by atoms with Crippen LogP contribution in [0.2, 0.25) is 10.0 Å². The van der Waals surface area contributed by atoms with Gasteiger partial charge in [0.05, 0.1) is 28.2 Å². The second kappa shape index (κ2) is 9.23. The van der Waals surface area contributed by atoms with Crippen molar-refractivity contribution in [3.8, 4) is 0 Å². The quantitative estimate of drug-likeness (QED) is 0.420. The van der Waals surface area contributed by atoms with Crippen LogP contribution in [0.1, 0.15) is 21.9 Å². The Kier molecular flexibility index (Phi) is 6.71. The van der Waals surface area contributed by atoms with Crippen molar-refractivity contribution in [2.75, 3.05) is 0 Å². The van der Waals surface area contributed by atoms with E-state index in [4.69, 9.17) is 27.6 Å². The maximum atomic E-state index is 12.2. The van der Waals surface area contributed by atoms with E-state index in [9.17, 15) is 13.2 Å². The molecule has 7 nitrogen and oxygen atoms in total. The van der Waals surface area contributed by atoms with Gasteiger partial charge in [0.15, 0.2) is 0 Å². The summed E-state index contributed by atoms with van der Waals surface area (Å²) in [6, 6.07) is 15.7. The molecule has 0 fully saturated rings. The summed E-state index contributed by atoms with van der Waals surface area (Å²) in [6.07, 6.45) is 1.29. The van der Waals surface area contributed by atoms with Gasteiger partial charge in [0.25, 0.3) is 5.91 Å². The summed E-state index contributed by atoms with van der Waals surface area (Å²) in [5.41, 5.74) is 2.55. The maximum absolute atomic E-state index is 12.2. The number of nitrogens with zero attached hydrogens (tertiary/aromatic N) is 1. The van der Waals surface area contributed by atoms with Gasteiger partial charge in [0.2, 0.25) is 10.0 Å². The van der Waals surface area contributed by atoms with Crippen molar-refractivity contribution in [2.45, 2.75) is 11.4 Å². The SMILES string of the molecule is O=C(N/N=C\c1ccc(CNS(=O)(=O)c2ccccc2)o1)c1ccc(Cl)cc1Cl. The number of amides is 1. The lowest BCUT2D eigenvalue weighted by atomic mass is 10.2. The molecule has 1 amide bonds. The number of benzene rings is 2. The minimum atomic E-state index is -3.64. The summed E-state index contributed by atoms with van der Waals surface area (Å²) in [4.78, 5) is 12.2. The van der Waals surface area contributed by atoms with Gasteiger partial charge in [0, 0.05) is 5.02 Å². The maximum Gasteiger partial charge on any atom is 0.272 e. The molecule has 2 aromatic carbocycles. The first-order chi connectivity index (χ1) is 13.8. The summed E-state index contributed by atoms with van der Waals surface area (Å²) in [6.45, 7) is -0.0300. The Morgan fingerprint density at radius 2 is 1.83 bits per heavy atom. The van der Waals surface area contributed by atoms with Gasteiger partial charge in [-0.05, 0) is 42.5 Å². The van der Waals surface area contributed by atoms with E-state index in [1.807, 2.05) is 0 Å². The molecule has 1 heterocycles. The van der Waals surface area contributed by atoms with E-state index >= 15 is 0 Å². The highest BCUT2D eigenvalue weighted by Gasteiger charge is 2.14. The Labute approximate surface area is 177 Å². The Hall–Kier alpha value is -2.65. The number of hydrogen-bond acceptors (Lipinski definition) is 5. The number of rotatable bonds is 7. The van der Waals surface area contributed by atoms with Crippen LogP contribution in [0.25, 0.3) is 0 Å². The van der Waals surface area contributed by atoms with Crippen LogP contribution in [0.3, 0.4) is 0 Å². The van der Waals surface area contributed by atoms with Crippen molar-refractivity contribution in [3.63, 3.8) is 0 Å². The van der Waals surface area contributed by atoms with Crippen LogP contribution in [0.5, 0.6) is 0 Å². The molecule has 0 atom stereocenters. The second-order valence-corrected chi connectivity index (χ2v) is 8.38. The Morgan fingerprint density at radius 3 is 2.55 bits per heavy atom. The average molecular weight is 452 g/mol. The molecule has 2 N–H and O–H groups in total. The first kappa shape index (κ1) is 21.1. The summed E-state index contributed by atoms with van der Waals surface area (Å²) in [5, 5.41) is 4.43. The van der Waals surface area contributed by atoms with E-state index < -0.39 is 15.9 Å². The molecule has 0 saturated carbocycles. The minimum Gasteiger partial charge on any atom is -0.459 e. The van der Waals surface area contributed by atoms with Gasteiger partial charge < -0.3 is 4.42 Å². The lowest BCUT2D eigenvalue weighted by Gasteiger charge is -2.04. The Bertz CT molecular complexity index is 1150. The van der Waals surface area contributed by atoms with Crippen LogP contribution in [0.4, 0.5) is 0 Å². The van der Waals surface area contributed by atoms with Gasteiger partial charge in [-0.2, -0.15) is 5.10 Å². The topological polar surface area (TPSA) is 101 Å². The number of halogens is 2. The number of hydrazone groups is 1. The molecule has 0 aliphatic heterocycles. The van der Waals surface area contributed by atoms with E-state index in [2.05, 4.69) is 15.2 Å². The standard InChI is InChI=1S/C19H15Cl2N3O4S/c20-13-6-9-17(18(21)10-13)19(25)24-22-11-14-7-8-15(28-14)12-23-29(26,27)16-4-2-1-3-5-16/h1-11,23H,12H2,(H,24,25)/b22-11-. The lowest BCUT2D eigenvalue weighted by Crippen LogP contribution is -2.22. The molecule has 0 aliphatic rings. The van der Waals surface area contributed by atoms with Gasteiger partial charge in [0.1, 0.15) is 11.5 Å². The average Bonchev–Trinajstić information content (AvgIpc) is 3.15. The summed E-state index contributed by atoms with van der Waals surface area (Å²) >= 11 is 11.8. The van der Waals surface area contributed by atoms with E-state index in [-0.39, 0.29) is 22.0 Å². The van der Waals surface area contributed by atoms with Crippen molar-refractivity contribution >= 4 is 45.3 Å². The number of hydrogen-bond donors (Lipinski definition) is 2. The summed E-state index contributed by atoms with van der Waals surface area (Å²) in [5.74, 6) is 0.213. The molecule has 0 unspecified atom stereocenters. The zero-order valence-corrected chi connectivity index (χ0v) is 17.1. The van der Waals surface area contributed by atoms with E-state index in [0.717, 1.165) is 0 Å². The van der Waals surface area contributed by atoms with Crippen molar-refractivity contribution in [1.82, 2.24) is 10.1 Å². The molecule has 1 aromatic heterocycles. The molecule has 3 rings (SSSR count). The third kappa shape index (κ3) is 5.68. The molecule has 0 aliphatic carbocycles.